The van der Waals surface area contributed by atoms with Crippen LogP contribution in [0.25, 0.3) is 0 Å². The number of amides is 2. The van der Waals surface area contributed by atoms with E-state index in [9.17, 15) is 18.0 Å². The van der Waals surface area contributed by atoms with Crippen LogP contribution in [0.2, 0.25) is 0 Å². The second-order valence-corrected chi connectivity index (χ2v) is 13.3. The van der Waals surface area contributed by atoms with Gasteiger partial charge in [0.15, 0.2) is 0 Å². The Bertz CT molecular complexity index is 1460. The molecule has 1 atom stereocenters. The molecule has 0 aliphatic carbocycles. The van der Waals surface area contributed by atoms with E-state index in [4.69, 9.17) is 4.74 Å². The minimum Gasteiger partial charge on any atom is -0.497 e. The van der Waals surface area contributed by atoms with Crippen LogP contribution >= 0.6 is 0 Å². The van der Waals surface area contributed by atoms with Crippen LogP contribution in [-0.2, 0) is 26.2 Å². The minimum atomic E-state index is -4.12. The molecule has 0 heterocycles. The van der Waals surface area contributed by atoms with Crippen molar-refractivity contribution in [3.63, 3.8) is 0 Å². The normalized spacial score (nSPS) is 12.4. The maximum absolute atomic E-state index is 14.1. The van der Waals surface area contributed by atoms with E-state index < -0.39 is 34.1 Å². The third-order valence-corrected chi connectivity index (χ3v) is 8.35. The second-order valence-electron chi connectivity index (χ2n) is 11.5. The molecule has 3 aromatic carbocycles. The van der Waals surface area contributed by atoms with Crippen molar-refractivity contribution in [3.8, 4) is 5.75 Å². The Morgan fingerprint density at radius 3 is 1.95 bits per heavy atom. The number of methoxy groups -OCH3 is 1. The first-order valence-electron chi connectivity index (χ1n) is 13.5. The molecule has 3 aromatic rings. The van der Waals surface area contributed by atoms with Gasteiger partial charge >= 0.3 is 0 Å². The first-order valence-corrected chi connectivity index (χ1v) is 15.0. The second kappa shape index (κ2) is 12.8. The largest absolute Gasteiger partial charge is 0.497 e. The SMILES string of the molecule is COc1ccc(CN(C(=O)CN(c2cc(C)cc(C)c2)S(=O)(=O)c2ccc(C)cc2)[C@H](C)C(=O)NC(C)(C)C)cc1. The fourth-order valence-electron chi connectivity index (χ4n) is 4.45. The van der Waals surface area contributed by atoms with Crippen molar-refractivity contribution in [1.29, 1.82) is 0 Å². The van der Waals surface area contributed by atoms with Crippen LogP contribution in [0.15, 0.2) is 71.6 Å². The number of aryl methyl sites for hydroxylation is 3. The van der Waals surface area contributed by atoms with E-state index in [-0.39, 0.29) is 17.3 Å². The predicted molar refractivity (Wildman–Crippen MR) is 163 cm³/mol. The molecule has 0 unspecified atom stereocenters. The molecule has 0 aliphatic rings. The van der Waals surface area contributed by atoms with E-state index in [1.807, 2.05) is 59.7 Å². The highest BCUT2D eigenvalue weighted by atomic mass is 32.2. The molecule has 1 N–H and O–H groups in total. The molecule has 220 valence electrons. The van der Waals surface area contributed by atoms with Crippen molar-refractivity contribution >= 4 is 27.5 Å². The predicted octanol–water partition coefficient (Wildman–Crippen LogP) is 5.15. The fourth-order valence-corrected chi connectivity index (χ4v) is 5.84. The first-order chi connectivity index (χ1) is 19.1. The number of ether oxygens (including phenoxy) is 1. The molecule has 0 aliphatic heterocycles. The van der Waals surface area contributed by atoms with Gasteiger partial charge < -0.3 is 15.0 Å². The molecule has 8 nitrogen and oxygen atoms in total. The van der Waals surface area contributed by atoms with Crippen molar-refractivity contribution in [2.24, 2.45) is 0 Å². The molecule has 0 aromatic heterocycles. The summed E-state index contributed by atoms with van der Waals surface area (Å²) in [6, 6.07) is 18.3. The number of anilines is 1. The molecule has 0 saturated carbocycles. The number of hydrogen-bond donors (Lipinski definition) is 1. The molecule has 0 saturated heterocycles. The number of sulfonamides is 1. The van der Waals surface area contributed by atoms with Crippen LogP contribution in [0.5, 0.6) is 5.75 Å². The summed E-state index contributed by atoms with van der Waals surface area (Å²) in [6.07, 6.45) is 0. The highest BCUT2D eigenvalue weighted by molar-refractivity contribution is 7.92. The number of nitrogens with one attached hydrogen (secondary N) is 1. The third-order valence-electron chi connectivity index (χ3n) is 6.56. The van der Waals surface area contributed by atoms with Crippen LogP contribution in [0, 0.1) is 20.8 Å². The van der Waals surface area contributed by atoms with Crippen LogP contribution in [-0.4, -0.2) is 50.4 Å². The molecular formula is C32H41N3O5S. The van der Waals surface area contributed by atoms with Gasteiger partial charge in [0, 0.05) is 12.1 Å². The Labute approximate surface area is 244 Å². The number of hydrogen-bond acceptors (Lipinski definition) is 5. The van der Waals surface area contributed by atoms with Crippen molar-refractivity contribution in [2.75, 3.05) is 18.0 Å². The highest BCUT2D eigenvalue weighted by Crippen LogP contribution is 2.27. The Balaban J connectivity index is 2.06. The van der Waals surface area contributed by atoms with Gasteiger partial charge in [-0.2, -0.15) is 0 Å². The smallest absolute Gasteiger partial charge is 0.264 e. The summed E-state index contributed by atoms with van der Waals surface area (Å²) in [6.45, 7) is 12.5. The number of benzene rings is 3. The zero-order valence-corrected chi connectivity index (χ0v) is 26.0. The number of nitrogens with zero attached hydrogens (tertiary/aromatic N) is 2. The third kappa shape index (κ3) is 8.33. The summed E-state index contributed by atoms with van der Waals surface area (Å²) < 4.78 is 34.4. The molecule has 0 fully saturated rings. The summed E-state index contributed by atoms with van der Waals surface area (Å²) in [5.41, 5.74) is 3.29. The van der Waals surface area contributed by atoms with Crippen LogP contribution in [0.3, 0.4) is 0 Å². The van der Waals surface area contributed by atoms with Gasteiger partial charge in [0.1, 0.15) is 18.3 Å². The van der Waals surface area contributed by atoms with Gasteiger partial charge in [-0.25, -0.2) is 8.42 Å². The van der Waals surface area contributed by atoms with Gasteiger partial charge in [0.25, 0.3) is 10.0 Å². The Morgan fingerprint density at radius 2 is 1.44 bits per heavy atom. The van der Waals surface area contributed by atoms with E-state index >= 15 is 0 Å². The monoisotopic (exact) mass is 579 g/mol. The molecule has 0 bridgehead atoms. The average molecular weight is 580 g/mol. The first kappa shape index (κ1) is 31.7. The summed E-state index contributed by atoms with van der Waals surface area (Å²) in [4.78, 5) is 28.8. The number of carbonyl (C=O) groups excluding carboxylic acids is 2. The van der Waals surface area contributed by atoms with Crippen molar-refractivity contribution in [1.82, 2.24) is 10.2 Å². The summed E-state index contributed by atoms with van der Waals surface area (Å²) >= 11 is 0. The lowest BCUT2D eigenvalue weighted by atomic mass is 10.1. The number of carbonyl (C=O) groups is 2. The van der Waals surface area contributed by atoms with Gasteiger partial charge in [-0.05, 0) is 102 Å². The summed E-state index contributed by atoms with van der Waals surface area (Å²) in [5.74, 6) is -0.179. The van der Waals surface area contributed by atoms with Gasteiger partial charge in [-0.15, -0.1) is 0 Å². The average Bonchev–Trinajstić information content (AvgIpc) is 2.88. The topological polar surface area (TPSA) is 96.0 Å². The van der Waals surface area contributed by atoms with Gasteiger partial charge in [-0.1, -0.05) is 35.9 Å². The zero-order valence-electron chi connectivity index (χ0n) is 25.2. The zero-order chi connectivity index (χ0) is 30.5. The van der Waals surface area contributed by atoms with Crippen LogP contribution in [0.4, 0.5) is 5.69 Å². The number of rotatable bonds is 10. The lowest BCUT2D eigenvalue weighted by molar-refractivity contribution is -0.140. The Morgan fingerprint density at radius 1 is 0.878 bits per heavy atom. The standard InChI is InChI=1S/C32H41N3O5S/c1-22-9-15-29(16-10-22)41(38,39)35(27-18-23(2)17-24(3)19-27)21-30(36)34(25(4)31(37)33-32(5,6)7)20-26-11-13-28(40-8)14-12-26/h9-19,25H,20-21H2,1-8H3,(H,33,37)/t25-/m1/s1. The molecule has 0 radical (unpaired) electrons. The quantitative estimate of drug-likeness (QED) is 0.359. The van der Waals surface area contributed by atoms with Crippen LogP contribution < -0.4 is 14.4 Å². The van der Waals surface area contributed by atoms with E-state index in [1.54, 1.807) is 62.6 Å². The van der Waals surface area contributed by atoms with Crippen molar-refractivity contribution in [3.05, 3.63) is 89.0 Å². The Hall–Kier alpha value is -3.85. The molecule has 9 heteroatoms. The lowest BCUT2D eigenvalue weighted by Gasteiger charge is -2.33. The van der Waals surface area contributed by atoms with E-state index in [2.05, 4.69) is 5.32 Å². The van der Waals surface area contributed by atoms with Gasteiger partial charge in [0.05, 0.1) is 17.7 Å². The van der Waals surface area contributed by atoms with Crippen LogP contribution in [0.1, 0.15) is 49.9 Å². The summed E-state index contributed by atoms with van der Waals surface area (Å²) in [7, 11) is -2.55. The van der Waals surface area contributed by atoms with E-state index in [0.29, 0.717) is 11.4 Å². The maximum Gasteiger partial charge on any atom is 0.264 e. The molecule has 2 amide bonds. The van der Waals surface area contributed by atoms with E-state index in [1.165, 1.54) is 4.90 Å². The van der Waals surface area contributed by atoms with Gasteiger partial charge in [0.2, 0.25) is 11.8 Å². The minimum absolute atomic E-state index is 0.0790. The lowest BCUT2D eigenvalue weighted by Crippen LogP contribution is -2.54. The molecule has 41 heavy (non-hydrogen) atoms. The summed E-state index contributed by atoms with van der Waals surface area (Å²) in [5, 5.41) is 2.93. The molecule has 0 spiro atoms. The van der Waals surface area contributed by atoms with E-state index in [0.717, 1.165) is 26.6 Å². The maximum atomic E-state index is 14.1. The Kier molecular flexibility index (Phi) is 9.86. The molecule has 3 rings (SSSR count). The van der Waals surface area contributed by atoms with Crippen molar-refractivity contribution in [2.45, 2.75) is 71.5 Å². The molecular weight excluding hydrogens is 538 g/mol. The fraction of sp³-hybridized carbons (Fsp3) is 0.375. The van der Waals surface area contributed by atoms with Gasteiger partial charge in [-0.3, -0.25) is 13.9 Å². The van der Waals surface area contributed by atoms with Crippen molar-refractivity contribution < 1.29 is 22.7 Å². The highest BCUT2D eigenvalue weighted by Gasteiger charge is 2.33.